The molecule has 0 aliphatic carbocycles. The third-order valence-corrected chi connectivity index (χ3v) is 4.40. The lowest BCUT2D eigenvalue weighted by atomic mass is 9.87. The van der Waals surface area contributed by atoms with Crippen molar-refractivity contribution in [2.75, 3.05) is 0 Å². The quantitative estimate of drug-likeness (QED) is 0.228. The molecule has 0 heteroatoms. The molecule has 0 amide bonds. The first kappa shape index (κ1) is 19.7. The van der Waals surface area contributed by atoms with Crippen LogP contribution >= 0.6 is 0 Å². The monoisotopic (exact) mass is 280 g/mol. The average molecular weight is 281 g/mol. The Morgan fingerprint density at radius 2 is 1.40 bits per heavy atom. The molecule has 0 aromatic rings. The first-order chi connectivity index (χ1) is 9.61. The predicted octanol–water partition coefficient (Wildman–Crippen LogP) is 7.54. The lowest BCUT2D eigenvalue weighted by Crippen LogP contribution is -2.03. The van der Waals surface area contributed by atoms with Gasteiger partial charge in [0.1, 0.15) is 0 Å². The molecule has 0 bridgehead atoms. The Hall–Kier alpha value is -0.260. The largest absolute Gasteiger partial charge is 0.0996 e. The number of rotatable bonds is 14. The molecule has 0 spiro atoms. The first-order valence-electron chi connectivity index (χ1n) is 9.29. The summed E-state index contributed by atoms with van der Waals surface area (Å²) in [6, 6.07) is 0. The van der Waals surface area contributed by atoms with Crippen molar-refractivity contribution in [2.45, 2.75) is 105 Å². The molecule has 0 aromatic heterocycles. The van der Waals surface area contributed by atoms with Crippen molar-refractivity contribution in [2.24, 2.45) is 11.8 Å². The summed E-state index contributed by atoms with van der Waals surface area (Å²) < 4.78 is 0. The third-order valence-electron chi connectivity index (χ3n) is 4.40. The number of allylic oxidation sites excluding steroid dienone is 1. The molecule has 120 valence electrons. The van der Waals surface area contributed by atoms with Crippen LogP contribution in [0.2, 0.25) is 0 Å². The second-order valence-electron chi connectivity index (χ2n) is 6.99. The van der Waals surface area contributed by atoms with Crippen LogP contribution in [-0.4, -0.2) is 0 Å². The van der Waals surface area contributed by atoms with Crippen LogP contribution in [0.4, 0.5) is 0 Å². The molecule has 0 fully saturated rings. The molecule has 0 rings (SSSR count). The highest BCUT2D eigenvalue weighted by molar-refractivity contribution is 5.00. The van der Waals surface area contributed by atoms with Crippen molar-refractivity contribution in [3.8, 4) is 0 Å². The molecule has 0 aliphatic heterocycles. The van der Waals surface area contributed by atoms with Gasteiger partial charge in [0, 0.05) is 0 Å². The molecule has 0 saturated heterocycles. The van der Waals surface area contributed by atoms with Crippen LogP contribution < -0.4 is 0 Å². The molecule has 0 aromatic carbocycles. The molecule has 0 heterocycles. The van der Waals surface area contributed by atoms with Crippen LogP contribution in [0.25, 0.3) is 0 Å². The zero-order chi connectivity index (χ0) is 15.2. The Morgan fingerprint density at radius 1 is 0.750 bits per heavy atom. The van der Waals surface area contributed by atoms with E-state index in [1.54, 1.807) is 5.57 Å². The zero-order valence-corrected chi connectivity index (χ0v) is 14.8. The van der Waals surface area contributed by atoms with Crippen LogP contribution in [0, 0.1) is 11.8 Å². The predicted molar refractivity (Wildman–Crippen MR) is 94.2 cm³/mol. The molecule has 0 N–H and O–H groups in total. The highest BCUT2D eigenvalue weighted by atomic mass is 14.2. The van der Waals surface area contributed by atoms with E-state index in [-0.39, 0.29) is 0 Å². The van der Waals surface area contributed by atoms with Gasteiger partial charge in [-0.15, -0.1) is 0 Å². The molecule has 20 heavy (non-hydrogen) atoms. The lowest BCUT2D eigenvalue weighted by molar-refractivity contribution is 0.466. The first-order valence-corrected chi connectivity index (χ1v) is 9.29. The fraction of sp³-hybridized carbons (Fsp3) is 0.900. The van der Waals surface area contributed by atoms with Gasteiger partial charge in [0.2, 0.25) is 0 Å². The van der Waals surface area contributed by atoms with Crippen molar-refractivity contribution >= 4 is 0 Å². The fourth-order valence-corrected chi connectivity index (χ4v) is 2.99. The summed E-state index contributed by atoms with van der Waals surface area (Å²) in [6.07, 6.45) is 16.5. The topological polar surface area (TPSA) is 0 Å². The second-order valence-corrected chi connectivity index (χ2v) is 6.99. The summed E-state index contributed by atoms with van der Waals surface area (Å²) in [5, 5.41) is 0. The molecule has 1 atom stereocenters. The van der Waals surface area contributed by atoms with Gasteiger partial charge in [-0.1, -0.05) is 91.2 Å². The van der Waals surface area contributed by atoms with Gasteiger partial charge >= 0.3 is 0 Å². The van der Waals surface area contributed by atoms with Crippen LogP contribution in [0.1, 0.15) is 105 Å². The Morgan fingerprint density at radius 3 is 2.00 bits per heavy atom. The highest BCUT2D eigenvalue weighted by Gasteiger charge is 2.10. The maximum Gasteiger partial charge on any atom is -0.0206 e. The third kappa shape index (κ3) is 11.6. The molecular formula is C20H40. The molecular weight excluding hydrogens is 240 g/mol. The Labute approximate surface area is 129 Å². The number of hydrogen-bond donors (Lipinski definition) is 0. The summed E-state index contributed by atoms with van der Waals surface area (Å²) in [4.78, 5) is 0. The minimum atomic E-state index is 0.806. The van der Waals surface area contributed by atoms with E-state index < -0.39 is 0 Å². The Kier molecular flexibility index (Phi) is 13.5. The van der Waals surface area contributed by atoms with Crippen LogP contribution in [0.5, 0.6) is 0 Å². The van der Waals surface area contributed by atoms with Crippen LogP contribution in [0.15, 0.2) is 12.2 Å². The van der Waals surface area contributed by atoms with Gasteiger partial charge in [-0.25, -0.2) is 0 Å². The van der Waals surface area contributed by atoms with E-state index >= 15 is 0 Å². The maximum atomic E-state index is 4.38. The summed E-state index contributed by atoms with van der Waals surface area (Å²) >= 11 is 0. The molecule has 0 aliphatic rings. The minimum absolute atomic E-state index is 0.806. The number of unbranched alkanes of at least 4 members (excludes halogenated alkanes) is 5. The maximum absolute atomic E-state index is 4.38. The van der Waals surface area contributed by atoms with Gasteiger partial charge in [-0.2, -0.15) is 0 Å². The van der Waals surface area contributed by atoms with Gasteiger partial charge in [-0.05, 0) is 37.5 Å². The van der Waals surface area contributed by atoms with Crippen molar-refractivity contribution in [3.63, 3.8) is 0 Å². The molecule has 0 radical (unpaired) electrons. The summed E-state index contributed by atoms with van der Waals surface area (Å²) in [5.41, 5.74) is 1.54. The minimum Gasteiger partial charge on any atom is -0.0996 e. The molecule has 0 saturated carbocycles. The normalized spacial score (nSPS) is 12.8. The smallest absolute Gasteiger partial charge is 0.0206 e. The standard InChI is InChI=1S/C20H40/c1-6-8-17-20(14-7-2)19(5)16-13-11-9-10-12-15-18(3)4/h18,20H,5-17H2,1-4H3. The Balaban J connectivity index is 3.62. The van der Waals surface area contributed by atoms with Crippen LogP contribution in [0.3, 0.4) is 0 Å². The number of hydrogen-bond acceptors (Lipinski definition) is 0. The molecule has 0 nitrogen and oxygen atoms in total. The highest BCUT2D eigenvalue weighted by Crippen LogP contribution is 2.26. The van der Waals surface area contributed by atoms with Gasteiger partial charge in [0.05, 0.1) is 0 Å². The fourth-order valence-electron chi connectivity index (χ4n) is 2.99. The van der Waals surface area contributed by atoms with Crippen molar-refractivity contribution in [1.82, 2.24) is 0 Å². The van der Waals surface area contributed by atoms with E-state index in [0.29, 0.717) is 0 Å². The van der Waals surface area contributed by atoms with Gasteiger partial charge in [-0.3, -0.25) is 0 Å². The average Bonchev–Trinajstić information content (AvgIpc) is 2.41. The van der Waals surface area contributed by atoms with Crippen LogP contribution in [-0.2, 0) is 0 Å². The van der Waals surface area contributed by atoms with Gasteiger partial charge < -0.3 is 0 Å². The van der Waals surface area contributed by atoms with E-state index in [1.165, 1.54) is 77.0 Å². The van der Waals surface area contributed by atoms with Gasteiger partial charge in [0.25, 0.3) is 0 Å². The van der Waals surface area contributed by atoms with Crippen molar-refractivity contribution in [1.29, 1.82) is 0 Å². The molecule has 1 unspecified atom stereocenters. The summed E-state index contributed by atoms with van der Waals surface area (Å²) in [6.45, 7) is 13.6. The van der Waals surface area contributed by atoms with E-state index in [2.05, 4.69) is 34.3 Å². The summed E-state index contributed by atoms with van der Waals surface area (Å²) in [5.74, 6) is 1.68. The lowest BCUT2D eigenvalue weighted by Gasteiger charge is -2.19. The van der Waals surface area contributed by atoms with Crippen molar-refractivity contribution < 1.29 is 0 Å². The summed E-state index contributed by atoms with van der Waals surface area (Å²) in [7, 11) is 0. The van der Waals surface area contributed by atoms with E-state index in [1.807, 2.05) is 0 Å². The van der Waals surface area contributed by atoms with Gasteiger partial charge in [0.15, 0.2) is 0 Å². The van der Waals surface area contributed by atoms with E-state index in [0.717, 1.165) is 11.8 Å². The SMILES string of the molecule is C=C(CCCCCCCC(C)C)C(CCC)CCCC. The Bertz CT molecular complexity index is 214. The van der Waals surface area contributed by atoms with Crippen molar-refractivity contribution in [3.05, 3.63) is 12.2 Å². The zero-order valence-electron chi connectivity index (χ0n) is 14.8. The van der Waals surface area contributed by atoms with E-state index in [4.69, 9.17) is 0 Å². The second kappa shape index (κ2) is 13.7. The van der Waals surface area contributed by atoms with E-state index in [9.17, 15) is 0 Å².